The molecule has 0 heterocycles. The third-order valence-electron chi connectivity index (χ3n) is 2.08. The average Bonchev–Trinajstić information content (AvgIpc) is 2.26. The molecule has 0 rings (SSSR count). The number of hydrogen-bond donors (Lipinski definition) is 0. The minimum absolute atomic E-state index is 0.700. The number of unbranched alkanes of at least 4 members (excludes halogenated alkanes) is 5. The Morgan fingerprint density at radius 3 is 2.33 bits per heavy atom. The zero-order chi connectivity index (χ0) is 11.2. The van der Waals surface area contributed by atoms with E-state index in [0.29, 0.717) is 6.42 Å². The first-order valence-electron chi connectivity index (χ1n) is 5.71. The minimum atomic E-state index is 0.700. The zero-order valence-corrected chi connectivity index (χ0v) is 9.49. The van der Waals surface area contributed by atoms with Gasteiger partial charge in [0.05, 0.1) is 6.07 Å². The largest absolute Gasteiger partial charge is 0.198 e. The fourth-order valence-corrected chi connectivity index (χ4v) is 1.21. The molecule has 0 aliphatic heterocycles. The molecule has 0 spiro atoms. The number of hydrogen-bond acceptors (Lipinski definition) is 1. The van der Waals surface area contributed by atoms with Gasteiger partial charge in [-0.05, 0) is 32.1 Å². The standard InChI is InChI=1S/C14H21N/c1-2-3-4-5-6-7-8-9-10-11-12-13-14-15/h2,5-8H,1,3-4,9-13H2/b6-5+,8-7+. The highest BCUT2D eigenvalue weighted by Crippen LogP contribution is 2.03. The Morgan fingerprint density at radius 1 is 0.933 bits per heavy atom. The van der Waals surface area contributed by atoms with E-state index < -0.39 is 0 Å². The Balaban J connectivity index is 3.20. The van der Waals surface area contributed by atoms with Gasteiger partial charge in [-0.1, -0.05) is 36.8 Å². The molecule has 1 heteroatoms. The van der Waals surface area contributed by atoms with Crippen molar-refractivity contribution in [3.8, 4) is 6.07 Å². The first kappa shape index (κ1) is 13.7. The smallest absolute Gasteiger partial charge is 0.0621 e. The van der Waals surface area contributed by atoms with Crippen LogP contribution in [0.3, 0.4) is 0 Å². The molecule has 0 aliphatic carbocycles. The Morgan fingerprint density at radius 2 is 1.67 bits per heavy atom. The molecular formula is C14H21N. The highest BCUT2D eigenvalue weighted by atomic mass is 14.2. The van der Waals surface area contributed by atoms with Crippen LogP contribution in [0.5, 0.6) is 0 Å². The normalized spacial score (nSPS) is 10.9. The number of rotatable bonds is 9. The van der Waals surface area contributed by atoms with Crippen molar-refractivity contribution < 1.29 is 0 Å². The predicted octanol–water partition coefficient (Wildman–Crippen LogP) is 4.54. The molecule has 0 aromatic carbocycles. The second-order valence-electron chi connectivity index (χ2n) is 3.48. The number of nitrogens with zero attached hydrogens (tertiary/aromatic N) is 1. The molecule has 0 saturated heterocycles. The van der Waals surface area contributed by atoms with E-state index in [0.717, 1.165) is 32.1 Å². The summed E-state index contributed by atoms with van der Waals surface area (Å²) in [5.41, 5.74) is 0. The molecule has 0 aliphatic rings. The van der Waals surface area contributed by atoms with Crippen LogP contribution in [0.1, 0.15) is 44.9 Å². The Hall–Kier alpha value is -1.29. The van der Waals surface area contributed by atoms with E-state index in [1.165, 1.54) is 6.42 Å². The molecule has 0 aromatic heterocycles. The Kier molecular flexibility index (Phi) is 11.6. The molecule has 0 saturated carbocycles. The summed E-state index contributed by atoms with van der Waals surface area (Å²) in [6.45, 7) is 3.67. The number of nitriles is 1. The molecular weight excluding hydrogens is 182 g/mol. The maximum atomic E-state index is 8.33. The van der Waals surface area contributed by atoms with E-state index in [-0.39, 0.29) is 0 Å². The lowest BCUT2D eigenvalue weighted by Gasteiger charge is -1.92. The van der Waals surface area contributed by atoms with E-state index in [2.05, 4.69) is 37.0 Å². The Labute approximate surface area is 93.8 Å². The lowest BCUT2D eigenvalue weighted by atomic mass is 10.1. The van der Waals surface area contributed by atoms with Crippen LogP contribution in [0.2, 0.25) is 0 Å². The molecule has 0 amide bonds. The monoisotopic (exact) mass is 203 g/mol. The SMILES string of the molecule is C=CCC/C=C/C=C/CCCCCC#N. The van der Waals surface area contributed by atoms with Crippen LogP contribution >= 0.6 is 0 Å². The second-order valence-corrected chi connectivity index (χ2v) is 3.48. The molecule has 1 nitrogen and oxygen atoms in total. The molecule has 0 radical (unpaired) electrons. The van der Waals surface area contributed by atoms with Gasteiger partial charge in [0.25, 0.3) is 0 Å². The summed E-state index contributed by atoms with van der Waals surface area (Å²) in [4.78, 5) is 0. The molecule has 0 atom stereocenters. The van der Waals surface area contributed by atoms with Crippen molar-refractivity contribution in [2.45, 2.75) is 44.9 Å². The fraction of sp³-hybridized carbons (Fsp3) is 0.500. The lowest BCUT2D eigenvalue weighted by molar-refractivity contribution is 0.700. The third kappa shape index (κ3) is 12.7. The van der Waals surface area contributed by atoms with Gasteiger partial charge < -0.3 is 0 Å². The molecule has 82 valence electrons. The van der Waals surface area contributed by atoms with Crippen molar-refractivity contribution in [2.75, 3.05) is 0 Å². The topological polar surface area (TPSA) is 23.8 Å². The first-order valence-corrected chi connectivity index (χ1v) is 5.71. The van der Waals surface area contributed by atoms with Gasteiger partial charge in [0, 0.05) is 6.42 Å². The molecule has 15 heavy (non-hydrogen) atoms. The van der Waals surface area contributed by atoms with E-state index in [1.54, 1.807) is 0 Å². The Bertz CT molecular complexity index is 230. The average molecular weight is 203 g/mol. The van der Waals surface area contributed by atoms with E-state index >= 15 is 0 Å². The van der Waals surface area contributed by atoms with Crippen molar-refractivity contribution in [3.05, 3.63) is 37.0 Å². The minimum Gasteiger partial charge on any atom is -0.198 e. The van der Waals surface area contributed by atoms with E-state index in [9.17, 15) is 0 Å². The molecule has 0 N–H and O–H groups in total. The van der Waals surface area contributed by atoms with Crippen molar-refractivity contribution in [1.29, 1.82) is 5.26 Å². The van der Waals surface area contributed by atoms with Crippen molar-refractivity contribution in [3.63, 3.8) is 0 Å². The summed E-state index contributed by atoms with van der Waals surface area (Å²) >= 11 is 0. The highest BCUT2D eigenvalue weighted by Gasteiger charge is 1.85. The molecule has 0 fully saturated rings. The van der Waals surface area contributed by atoms with Gasteiger partial charge in [0.15, 0.2) is 0 Å². The summed E-state index contributed by atoms with van der Waals surface area (Å²) in [6.07, 6.45) is 17.8. The van der Waals surface area contributed by atoms with Gasteiger partial charge in [-0.3, -0.25) is 0 Å². The molecule has 0 bridgehead atoms. The van der Waals surface area contributed by atoms with Crippen molar-refractivity contribution in [1.82, 2.24) is 0 Å². The van der Waals surface area contributed by atoms with Crippen LogP contribution < -0.4 is 0 Å². The van der Waals surface area contributed by atoms with Gasteiger partial charge in [-0.25, -0.2) is 0 Å². The van der Waals surface area contributed by atoms with Gasteiger partial charge >= 0.3 is 0 Å². The van der Waals surface area contributed by atoms with Crippen LogP contribution in [0, 0.1) is 11.3 Å². The van der Waals surface area contributed by atoms with Gasteiger partial charge in [0.2, 0.25) is 0 Å². The van der Waals surface area contributed by atoms with E-state index in [4.69, 9.17) is 5.26 Å². The number of allylic oxidation sites excluding steroid dienone is 5. The second kappa shape index (κ2) is 12.7. The fourth-order valence-electron chi connectivity index (χ4n) is 1.21. The highest BCUT2D eigenvalue weighted by molar-refractivity contribution is 5.02. The van der Waals surface area contributed by atoms with Crippen LogP contribution in [-0.2, 0) is 0 Å². The summed E-state index contributed by atoms with van der Waals surface area (Å²) in [7, 11) is 0. The lowest BCUT2D eigenvalue weighted by Crippen LogP contribution is -1.74. The molecule has 0 unspecified atom stereocenters. The predicted molar refractivity (Wildman–Crippen MR) is 66.4 cm³/mol. The quantitative estimate of drug-likeness (QED) is 0.306. The first-order chi connectivity index (χ1) is 7.41. The zero-order valence-electron chi connectivity index (χ0n) is 9.49. The maximum absolute atomic E-state index is 8.33. The van der Waals surface area contributed by atoms with Crippen molar-refractivity contribution >= 4 is 0 Å². The summed E-state index contributed by atoms with van der Waals surface area (Å²) in [5, 5.41) is 8.33. The van der Waals surface area contributed by atoms with Crippen LogP contribution in [0.15, 0.2) is 37.0 Å². The van der Waals surface area contributed by atoms with Gasteiger partial charge in [0.1, 0.15) is 0 Å². The summed E-state index contributed by atoms with van der Waals surface area (Å²) in [5.74, 6) is 0. The molecule has 0 aromatic rings. The van der Waals surface area contributed by atoms with Crippen LogP contribution in [0.4, 0.5) is 0 Å². The van der Waals surface area contributed by atoms with Crippen molar-refractivity contribution in [2.24, 2.45) is 0 Å². The van der Waals surface area contributed by atoms with Gasteiger partial charge in [-0.2, -0.15) is 5.26 Å². The van der Waals surface area contributed by atoms with E-state index in [1.807, 2.05) is 6.08 Å². The van der Waals surface area contributed by atoms with Crippen LogP contribution in [-0.4, -0.2) is 0 Å². The van der Waals surface area contributed by atoms with Crippen LogP contribution in [0.25, 0.3) is 0 Å². The summed E-state index contributed by atoms with van der Waals surface area (Å²) in [6, 6.07) is 2.16. The summed E-state index contributed by atoms with van der Waals surface area (Å²) < 4.78 is 0. The maximum Gasteiger partial charge on any atom is 0.0621 e. The van der Waals surface area contributed by atoms with Gasteiger partial charge in [-0.15, -0.1) is 6.58 Å². The third-order valence-corrected chi connectivity index (χ3v) is 2.08.